The molecular weight excluding hydrogens is 242 g/mol. The number of nitrogen functional groups attached to an aromatic ring is 1. The first-order valence-corrected chi connectivity index (χ1v) is 6.23. The molecular formula is C14H23N3O2. The number of anilines is 2. The molecule has 1 rings (SSSR count). The average Bonchev–Trinajstić information content (AvgIpc) is 2.25. The molecule has 0 heterocycles. The van der Waals surface area contributed by atoms with Crippen LogP contribution in [0.5, 0.6) is 0 Å². The summed E-state index contributed by atoms with van der Waals surface area (Å²) in [5.41, 5.74) is 7.39. The molecule has 1 aromatic carbocycles. The van der Waals surface area contributed by atoms with Crippen molar-refractivity contribution >= 4 is 17.3 Å². The maximum atomic E-state index is 10.9. The first kappa shape index (κ1) is 15.3. The van der Waals surface area contributed by atoms with Crippen molar-refractivity contribution < 1.29 is 9.90 Å². The molecule has 106 valence electrons. The molecule has 0 radical (unpaired) electrons. The van der Waals surface area contributed by atoms with Gasteiger partial charge in [-0.05, 0) is 37.7 Å². The summed E-state index contributed by atoms with van der Waals surface area (Å²) < 4.78 is 0. The minimum Gasteiger partial charge on any atom is -0.478 e. The number of nitrogens with two attached hydrogens (primary N) is 1. The average molecular weight is 265 g/mol. The SMILES string of the molecule is CN(C)CC(C)(C)CNc1cc(C(=O)O)ccc1N. The van der Waals surface area contributed by atoms with Crippen LogP contribution in [0.3, 0.4) is 0 Å². The van der Waals surface area contributed by atoms with Crippen LogP contribution < -0.4 is 11.1 Å². The number of carboxylic acid groups (broad SMARTS) is 1. The van der Waals surface area contributed by atoms with Crippen LogP contribution in [0.15, 0.2) is 18.2 Å². The predicted molar refractivity (Wildman–Crippen MR) is 78.6 cm³/mol. The number of hydrogen-bond donors (Lipinski definition) is 3. The summed E-state index contributed by atoms with van der Waals surface area (Å²) in [5, 5.41) is 12.2. The van der Waals surface area contributed by atoms with Crippen LogP contribution >= 0.6 is 0 Å². The molecule has 0 atom stereocenters. The van der Waals surface area contributed by atoms with Crippen molar-refractivity contribution in [3.63, 3.8) is 0 Å². The number of nitrogens with zero attached hydrogens (tertiary/aromatic N) is 1. The summed E-state index contributed by atoms with van der Waals surface area (Å²) in [6, 6.07) is 4.70. The predicted octanol–water partition coefficient (Wildman–Crippen LogP) is 1.97. The second kappa shape index (κ2) is 5.93. The molecule has 5 nitrogen and oxygen atoms in total. The van der Waals surface area contributed by atoms with Crippen LogP contribution in [0.2, 0.25) is 0 Å². The molecule has 0 aliphatic carbocycles. The monoisotopic (exact) mass is 265 g/mol. The van der Waals surface area contributed by atoms with Gasteiger partial charge in [0.25, 0.3) is 0 Å². The second-order valence-electron chi connectivity index (χ2n) is 5.86. The van der Waals surface area contributed by atoms with Crippen molar-refractivity contribution in [1.29, 1.82) is 0 Å². The van der Waals surface area contributed by atoms with Gasteiger partial charge in [0.1, 0.15) is 0 Å². The van der Waals surface area contributed by atoms with Crippen molar-refractivity contribution in [2.45, 2.75) is 13.8 Å². The lowest BCUT2D eigenvalue weighted by Gasteiger charge is -2.29. The zero-order chi connectivity index (χ0) is 14.6. The molecule has 4 N–H and O–H groups in total. The Bertz CT molecular complexity index is 456. The fraction of sp³-hybridized carbons (Fsp3) is 0.500. The number of carbonyl (C=O) groups is 1. The van der Waals surface area contributed by atoms with Gasteiger partial charge in [0.15, 0.2) is 0 Å². The first-order valence-electron chi connectivity index (χ1n) is 6.23. The summed E-state index contributed by atoms with van der Waals surface area (Å²) in [7, 11) is 4.06. The van der Waals surface area contributed by atoms with Gasteiger partial charge >= 0.3 is 5.97 Å². The highest BCUT2D eigenvalue weighted by molar-refractivity contribution is 5.90. The molecule has 0 aliphatic rings. The van der Waals surface area contributed by atoms with Gasteiger partial charge in [-0.1, -0.05) is 13.8 Å². The fourth-order valence-corrected chi connectivity index (χ4v) is 2.09. The van der Waals surface area contributed by atoms with E-state index in [2.05, 4.69) is 24.1 Å². The Morgan fingerprint density at radius 1 is 1.42 bits per heavy atom. The third kappa shape index (κ3) is 4.79. The maximum absolute atomic E-state index is 10.9. The van der Waals surface area contributed by atoms with Gasteiger partial charge in [-0.3, -0.25) is 0 Å². The van der Waals surface area contributed by atoms with Crippen LogP contribution in [0.1, 0.15) is 24.2 Å². The largest absolute Gasteiger partial charge is 0.478 e. The van der Waals surface area contributed by atoms with Gasteiger partial charge < -0.3 is 21.1 Å². The lowest BCUT2D eigenvalue weighted by atomic mass is 9.93. The van der Waals surface area contributed by atoms with Crippen molar-refractivity contribution in [2.24, 2.45) is 5.41 Å². The van der Waals surface area contributed by atoms with E-state index in [0.29, 0.717) is 11.4 Å². The normalized spacial score (nSPS) is 11.6. The number of carboxylic acids is 1. The molecule has 5 heteroatoms. The highest BCUT2D eigenvalue weighted by Crippen LogP contribution is 2.23. The van der Waals surface area contributed by atoms with Crippen LogP contribution in [-0.4, -0.2) is 43.2 Å². The van der Waals surface area contributed by atoms with Gasteiger partial charge in [-0.25, -0.2) is 4.79 Å². The van der Waals surface area contributed by atoms with Gasteiger partial charge in [0, 0.05) is 13.1 Å². The Labute approximate surface area is 114 Å². The topological polar surface area (TPSA) is 78.6 Å². The molecule has 0 unspecified atom stereocenters. The number of hydrogen-bond acceptors (Lipinski definition) is 4. The molecule has 0 aliphatic heterocycles. The smallest absolute Gasteiger partial charge is 0.335 e. The molecule has 0 fully saturated rings. The Balaban J connectivity index is 2.77. The number of rotatable bonds is 6. The van der Waals surface area contributed by atoms with E-state index in [1.165, 1.54) is 6.07 Å². The Morgan fingerprint density at radius 2 is 2.05 bits per heavy atom. The second-order valence-corrected chi connectivity index (χ2v) is 5.86. The van der Waals surface area contributed by atoms with E-state index >= 15 is 0 Å². The quantitative estimate of drug-likeness (QED) is 0.685. The van der Waals surface area contributed by atoms with Gasteiger partial charge in [0.2, 0.25) is 0 Å². The van der Waals surface area contributed by atoms with Crippen LogP contribution in [-0.2, 0) is 0 Å². The molecule has 0 saturated carbocycles. The summed E-state index contributed by atoms with van der Waals surface area (Å²) >= 11 is 0. The molecule has 0 spiro atoms. The van der Waals surface area contributed by atoms with E-state index < -0.39 is 5.97 Å². The van der Waals surface area contributed by atoms with Crippen molar-refractivity contribution in [3.8, 4) is 0 Å². The van der Waals surface area contributed by atoms with Gasteiger partial charge in [-0.2, -0.15) is 0 Å². The Hall–Kier alpha value is -1.75. The third-order valence-corrected chi connectivity index (χ3v) is 2.80. The summed E-state index contributed by atoms with van der Waals surface area (Å²) in [5.74, 6) is -0.949. The van der Waals surface area contributed by atoms with E-state index in [0.717, 1.165) is 13.1 Å². The minimum absolute atomic E-state index is 0.0647. The van der Waals surface area contributed by atoms with Gasteiger partial charge in [-0.15, -0.1) is 0 Å². The van der Waals surface area contributed by atoms with Crippen molar-refractivity contribution in [3.05, 3.63) is 23.8 Å². The van der Waals surface area contributed by atoms with E-state index in [9.17, 15) is 4.79 Å². The van der Waals surface area contributed by atoms with Gasteiger partial charge in [0.05, 0.1) is 16.9 Å². The Kier molecular flexibility index (Phi) is 4.78. The summed E-state index contributed by atoms with van der Waals surface area (Å²) in [4.78, 5) is 13.1. The van der Waals surface area contributed by atoms with E-state index in [4.69, 9.17) is 10.8 Å². The summed E-state index contributed by atoms with van der Waals surface area (Å²) in [6.07, 6.45) is 0. The molecule has 0 bridgehead atoms. The summed E-state index contributed by atoms with van der Waals surface area (Å²) in [6.45, 7) is 5.95. The third-order valence-electron chi connectivity index (χ3n) is 2.80. The first-order chi connectivity index (χ1) is 8.71. The fourth-order valence-electron chi connectivity index (χ4n) is 2.09. The van der Waals surface area contributed by atoms with Crippen molar-refractivity contribution in [2.75, 3.05) is 38.2 Å². The van der Waals surface area contributed by atoms with E-state index in [1.54, 1.807) is 12.1 Å². The van der Waals surface area contributed by atoms with E-state index in [-0.39, 0.29) is 11.0 Å². The minimum atomic E-state index is -0.949. The highest BCUT2D eigenvalue weighted by Gasteiger charge is 2.19. The molecule has 19 heavy (non-hydrogen) atoms. The lowest BCUT2D eigenvalue weighted by Crippen LogP contribution is -2.34. The zero-order valence-electron chi connectivity index (χ0n) is 12.0. The van der Waals surface area contributed by atoms with Crippen LogP contribution in [0.4, 0.5) is 11.4 Å². The van der Waals surface area contributed by atoms with Crippen LogP contribution in [0.25, 0.3) is 0 Å². The number of nitrogens with one attached hydrogen (secondary N) is 1. The van der Waals surface area contributed by atoms with E-state index in [1.807, 2.05) is 14.1 Å². The van der Waals surface area contributed by atoms with Crippen LogP contribution in [0, 0.1) is 5.41 Å². The molecule has 0 amide bonds. The maximum Gasteiger partial charge on any atom is 0.335 e. The zero-order valence-corrected chi connectivity index (χ0v) is 12.0. The lowest BCUT2D eigenvalue weighted by molar-refractivity contribution is 0.0697. The molecule has 0 saturated heterocycles. The number of benzene rings is 1. The molecule has 0 aromatic heterocycles. The van der Waals surface area contributed by atoms with Crippen molar-refractivity contribution in [1.82, 2.24) is 4.90 Å². The highest BCUT2D eigenvalue weighted by atomic mass is 16.4. The standard InChI is InChI=1S/C14H23N3O2/c1-14(2,9-17(3)4)8-16-12-7-10(13(18)19)5-6-11(12)15/h5-7,16H,8-9,15H2,1-4H3,(H,18,19). The molecule has 1 aromatic rings. The Morgan fingerprint density at radius 3 is 2.58 bits per heavy atom. The number of aromatic carboxylic acids is 1.